The molecule has 1 rings (SSSR count). The van der Waals surface area contributed by atoms with Crippen molar-refractivity contribution in [2.75, 3.05) is 18.5 Å². The summed E-state index contributed by atoms with van der Waals surface area (Å²) in [5.74, 6) is 1.64. The van der Waals surface area contributed by atoms with Crippen molar-refractivity contribution in [1.82, 2.24) is 4.98 Å². The largest absolute Gasteiger partial charge is 0.376 e. The smallest absolute Gasteiger partial charge is 0.126 e. The molecule has 1 aromatic rings. The zero-order valence-corrected chi connectivity index (χ0v) is 12.6. The van der Waals surface area contributed by atoms with Gasteiger partial charge in [-0.1, -0.05) is 33.1 Å². The van der Waals surface area contributed by atoms with Crippen molar-refractivity contribution in [2.45, 2.75) is 53.1 Å². The molecule has 0 aliphatic rings. The minimum absolute atomic E-state index is 0.684. The molecule has 19 heavy (non-hydrogen) atoms. The first-order valence-electron chi connectivity index (χ1n) is 7.56. The summed E-state index contributed by atoms with van der Waals surface area (Å²) in [6.07, 6.45) is 6.91. The molecule has 3 nitrogen and oxygen atoms in total. The van der Waals surface area contributed by atoms with E-state index in [9.17, 15) is 0 Å². The summed E-state index contributed by atoms with van der Waals surface area (Å²) in [7, 11) is 0. The molecule has 1 heterocycles. The molecule has 0 radical (unpaired) electrons. The van der Waals surface area contributed by atoms with E-state index in [2.05, 4.69) is 37.1 Å². The van der Waals surface area contributed by atoms with E-state index in [-0.39, 0.29) is 0 Å². The van der Waals surface area contributed by atoms with Crippen molar-refractivity contribution in [3.63, 3.8) is 0 Å². The molecule has 0 bridgehead atoms. The topological polar surface area (TPSA) is 34.1 Å². The summed E-state index contributed by atoms with van der Waals surface area (Å²) in [6, 6.07) is 4.09. The molecule has 0 saturated carbocycles. The molecule has 3 heteroatoms. The monoisotopic (exact) mass is 264 g/mol. The average Bonchev–Trinajstić information content (AvgIpc) is 2.43. The second kappa shape index (κ2) is 9.79. The minimum atomic E-state index is 0.684. The molecule has 0 aliphatic carbocycles. The lowest BCUT2D eigenvalue weighted by Crippen LogP contribution is -2.09. The van der Waals surface area contributed by atoms with Crippen LogP contribution in [0.5, 0.6) is 0 Å². The number of unbranched alkanes of at least 4 members (excludes halogenated alkanes) is 1. The highest BCUT2D eigenvalue weighted by atomic mass is 16.5. The zero-order chi connectivity index (χ0) is 13.9. The van der Waals surface area contributed by atoms with E-state index in [1.807, 2.05) is 12.3 Å². The van der Waals surface area contributed by atoms with Gasteiger partial charge in [-0.15, -0.1) is 0 Å². The van der Waals surface area contributed by atoms with Crippen molar-refractivity contribution in [2.24, 2.45) is 5.92 Å². The van der Waals surface area contributed by atoms with Gasteiger partial charge in [-0.05, 0) is 37.0 Å². The van der Waals surface area contributed by atoms with E-state index < -0.39 is 0 Å². The second-order valence-corrected chi connectivity index (χ2v) is 5.01. The van der Waals surface area contributed by atoms with Gasteiger partial charge in [0.2, 0.25) is 0 Å². The summed E-state index contributed by atoms with van der Waals surface area (Å²) < 4.78 is 5.85. The number of aromatic nitrogens is 1. The molecule has 0 amide bonds. The Morgan fingerprint density at radius 2 is 2.16 bits per heavy atom. The zero-order valence-electron chi connectivity index (χ0n) is 12.6. The van der Waals surface area contributed by atoms with Gasteiger partial charge in [0.05, 0.1) is 6.61 Å². The summed E-state index contributed by atoms with van der Waals surface area (Å²) in [5, 5.41) is 3.22. The van der Waals surface area contributed by atoms with E-state index in [4.69, 9.17) is 4.74 Å². The lowest BCUT2D eigenvalue weighted by Gasteiger charge is -2.14. The Hall–Kier alpha value is -1.09. The first-order chi connectivity index (χ1) is 9.30. The number of pyridine rings is 1. The fourth-order valence-electron chi connectivity index (χ4n) is 2.08. The summed E-state index contributed by atoms with van der Waals surface area (Å²) in [6.45, 7) is 9.02. The summed E-state index contributed by atoms with van der Waals surface area (Å²) in [5.41, 5.74) is 1.19. The van der Waals surface area contributed by atoms with Crippen molar-refractivity contribution in [3.8, 4) is 0 Å². The molecular formula is C16H28N2O. The van der Waals surface area contributed by atoms with Gasteiger partial charge in [-0.3, -0.25) is 0 Å². The highest BCUT2D eigenvalue weighted by molar-refractivity contribution is 5.36. The maximum Gasteiger partial charge on any atom is 0.126 e. The molecule has 0 aromatic carbocycles. The molecule has 108 valence electrons. The quantitative estimate of drug-likeness (QED) is 0.686. The summed E-state index contributed by atoms with van der Waals surface area (Å²) >= 11 is 0. The number of hydrogen-bond donors (Lipinski definition) is 1. The first-order valence-corrected chi connectivity index (χ1v) is 7.56. The molecule has 0 fully saturated rings. The van der Waals surface area contributed by atoms with Crippen molar-refractivity contribution in [1.29, 1.82) is 0 Å². The lowest BCUT2D eigenvalue weighted by atomic mass is 10.0. The predicted molar refractivity (Wildman–Crippen MR) is 81.4 cm³/mol. The Balaban J connectivity index is 2.33. The third-order valence-corrected chi connectivity index (χ3v) is 3.35. The Morgan fingerprint density at radius 1 is 1.32 bits per heavy atom. The number of rotatable bonds is 10. The summed E-state index contributed by atoms with van der Waals surface area (Å²) in [4.78, 5) is 4.26. The Labute approximate surface area is 117 Å². The molecule has 1 atom stereocenters. The van der Waals surface area contributed by atoms with Crippen molar-refractivity contribution in [3.05, 3.63) is 23.9 Å². The minimum Gasteiger partial charge on any atom is -0.376 e. The second-order valence-electron chi connectivity index (χ2n) is 5.01. The molecule has 1 aromatic heterocycles. The van der Waals surface area contributed by atoms with Crippen LogP contribution in [0.4, 0.5) is 5.82 Å². The van der Waals surface area contributed by atoms with Crippen molar-refractivity contribution >= 4 is 5.82 Å². The van der Waals surface area contributed by atoms with E-state index in [1.165, 1.54) is 31.2 Å². The van der Waals surface area contributed by atoms with Gasteiger partial charge in [-0.25, -0.2) is 4.98 Å². The van der Waals surface area contributed by atoms with Gasteiger partial charge in [0.1, 0.15) is 5.82 Å². The highest BCUT2D eigenvalue weighted by Crippen LogP contribution is 2.14. The fourth-order valence-corrected chi connectivity index (χ4v) is 2.08. The van der Waals surface area contributed by atoms with Crippen LogP contribution in [0.2, 0.25) is 0 Å². The predicted octanol–water partition coefficient (Wildman–Crippen LogP) is 4.25. The van der Waals surface area contributed by atoms with E-state index in [0.29, 0.717) is 12.5 Å². The molecule has 0 spiro atoms. The Bertz CT molecular complexity index is 341. The van der Waals surface area contributed by atoms with Crippen LogP contribution in [0, 0.1) is 5.92 Å². The molecule has 1 N–H and O–H groups in total. The standard InChI is InChI=1S/C16H28N2O/c1-4-7-8-14(5-2)12-19-13-15-9-10-18-16(11-15)17-6-3/h9-11,14H,4-8,12-13H2,1-3H3,(H,17,18). The van der Waals surface area contributed by atoms with Crippen LogP contribution in [0.1, 0.15) is 52.0 Å². The van der Waals surface area contributed by atoms with Gasteiger partial charge in [0.15, 0.2) is 0 Å². The van der Waals surface area contributed by atoms with E-state index in [1.54, 1.807) is 0 Å². The normalized spacial score (nSPS) is 12.4. The van der Waals surface area contributed by atoms with Crippen LogP contribution in [-0.4, -0.2) is 18.1 Å². The number of anilines is 1. The lowest BCUT2D eigenvalue weighted by molar-refractivity contribution is 0.0820. The maximum absolute atomic E-state index is 5.85. The third-order valence-electron chi connectivity index (χ3n) is 3.35. The number of nitrogens with one attached hydrogen (secondary N) is 1. The molecular weight excluding hydrogens is 236 g/mol. The van der Waals surface area contributed by atoms with Crippen LogP contribution in [0.25, 0.3) is 0 Å². The molecule has 0 aliphatic heterocycles. The van der Waals surface area contributed by atoms with Crippen molar-refractivity contribution < 1.29 is 4.74 Å². The maximum atomic E-state index is 5.85. The SMILES string of the molecule is CCCCC(CC)COCc1ccnc(NCC)c1. The van der Waals surface area contributed by atoms with Crippen LogP contribution >= 0.6 is 0 Å². The Morgan fingerprint density at radius 3 is 2.84 bits per heavy atom. The van der Waals surface area contributed by atoms with Crippen LogP contribution in [0.3, 0.4) is 0 Å². The van der Waals surface area contributed by atoms with Gasteiger partial charge >= 0.3 is 0 Å². The van der Waals surface area contributed by atoms with Gasteiger partial charge in [0.25, 0.3) is 0 Å². The van der Waals surface area contributed by atoms with Crippen LogP contribution in [0.15, 0.2) is 18.3 Å². The first kappa shape index (κ1) is 16.0. The van der Waals surface area contributed by atoms with Crippen LogP contribution in [-0.2, 0) is 11.3 Å². The van der Waals surface area contributed by atoms with E-state index in [0.717, 1.165) is 19.0 Å². The third kappa shape index (κ3) is 6.58. The van der Waals surface area contributed by atoms with Gasteiger partial charge < -0.3 is 10.1 Å². The molecule has 0 saturated heterocycles. The number of hydrogen-bond acceptors (Lipinski definition) is 3. The number of nitrogens with zero attached hydrogens (tertiary/aromatic N) is 1. The van der Waals surface area contributed by atoms with Gasteiger partial charge in [-0.2, -0.15) is 0 Å². The highest BCUT2D eigenvalue weighted by Gasteiger charge is 2.06. The van der Waals surface area contributed by atoms with E-state index >= 15 is 0 Å². The molecule has 1 unspecified atom stereocenters. The number of ether oxygens (including phenoxy) is 1. The fraction of sp³-hybridized carbons (Fsp3) is 0.688. The average molecular weight is 264 g/mol. The van der Waals surface area contributed by atoms with Gasteiger partial charge in [0, 0.05) is 19.3 Å². The Kier molecular flexibility index (Phi) is 8.23. The van der Waals surface area contributed by atoms with Crippen LogP contribution < -0.4 is 5.32 Å².